The Morgan fingerprint density at radius 2 is 1.89 bits per heavy atom. The van der Waals surface area contributed by atoms with Gasteiger partial charge in [0.25, 0.3) is 5.91 Å². The van der Waals surface area contributed by atoms with Crippen molar-refractivity contribution in [1.29, 1.82) is 0 Å². The molecule has 35 heavy (non-hydrogen) atoms. The number of anilines is 3. The highest BCUT2D eigenvalue weighted by Crippen LogP contribution is 2.42. The molecule has 186 valence electrons. The summed E-state index contributed by atoms with van der Waals surface area (Å²) < 4.78 is 20.3. The van der Waals surface area contributed by atoms with Crippen LogP contribution in [0.5, 0.6) is 0 Å². The number of nitrogens with one attached hydrogen (secondary N) is 1. The Hall–Kier alpha value is -3.12. The van der Waals surface area contributed by atoms with Crippen LogP contribution in [0.2, 0.25) is 0 Å². The highest BCUT2D eigenvalue weighted by molar-refractivity contribution is 5.87. The van der Waals surface area contributed by atoms with Crippen LogP contribution in [-0.2, 0) is 16.0 Å². The number of alkyl halides is 1. The van der Waals surface area contributed by atoms with E-state index in [1.807, 2.05) is 0 Å². The molecular weight excluding hydrogens is 453 g/mol. The number of morpholine rings is 1. The lowest BCUT2D eigenvalue weighted by Crippen LogP contribution is -2.65. The number of fused-ring (bicyclic) bond motifs is 1. The molecule has 1 amide bonds. The molecule has 1 atom stereocenters. The Morgan fingerprint density at radius 3 is 2.57 bits per heavy atom. The maximum atomic E-state index is 14.8. The van der Waals surface area contributed by atoms with Crippen molar-refractivity contribution in [3.63, 3.8) is 0 Å². The molecule has 0 unspecified atom stereocenters. The fourth-order valence-corrected chi connectivity index (χ4v) is 5.49. The summed E-state index contributed by atoms with van der Waals surface area (Å²) in [6, 6.07) is 0. The number of nitrogens with two attached hydrogens (primary N) is 1. The Labute approximate surface area is 202 Å². The van der Waals surface area contributed by atoms with Crippen molar-refractivity contribution >= 4 is 23.6 Å². The van der Waals surface area contributed by atoms with Crippen molar-refractivity contribution in [2.24, 2.45) is 0 Å². The van der Waals surface area contributed by atoms with Crippen LogP contribution in [0.1, 0.15) is 18.9 Å². The normalized spacial score (nSPS) is 25.5. The molecule has 0 bridgehead atoms. The molecule has 3 N–H and O–H groups in total. The molecule has 6 heterocycles. The monoisotopic (exact) mass is 483 g/mol. The Bertz CT molecular complexity index is 1140. The van der Waals surface area contributed by atoms with Crippen molar-refractivity contribution in [1.82, 2.24) is 30.2 Å². The lowest BCUT2D eigenvalue weighted by Gasteiger charge is -2.39. The van der Waals surface area contributed by atoms with Gasteiger partial charge in [-0.05, 0) is 19.8 Å². The fraction of sp³-hybridized carbons (Fsp3) is 0.609. The number of carbonyl (C=O) groups is 1. The summed E-state index contributed by atoms with van der Waals surface area (Å²) >= 11 is 0. The quantitative estimate of drug-likeness (QED) is 0.615. The van der Waals surface area contributed by atoms with E-state index in [-0.39, 0.29) is 24.6 Å². The van der Waals surface area contributed by atoms with Crippen LogP contribution in [0.3, 0.4) is 0 Å². The summed E-state index contributed by atoms with van der Waals surface area (Å²) in [5, 5.41) is 2.88. The zero-order valence-corrected chi connectivity index (χ0v) is 19.8. The van der Waals surface area contributed by atoms with Crippen LogP contribution in [-0.4, -0.2) is 101 Å². The van der Waals surface area contributed by atoms with E-state index in [1.54, 1.807) is 17.3 Å². The van der Waals surface area contributed by atoms with E-state index in [0.29, 0.717) is 45.3 Å². The molecule has 0 aliphatic carbocycles. The second kappa shape index (κ2) is 8.23. The Kier molecular flexibility index (Phi) is 5.26. The third-order valence-electron chi connectivity index (χ3n) is 7.64. The van der Waals surface area contributed by atoms with E-state index >= 15 is 0 Å². The van der Waals surface area contributed by atoms with Gasteiger partial charge in [0, 0.05) is 69.3 Å². The molecule has 0 saturated carbocycles. The lowest BCUT2D eigenvalue weighted by molar-refractivity contribution is -0.146. The molecule has 3 fully saturated rings. The van der Waals surface area contributed by atoms with Gasteiger partial charge >= 0.3 is 0 Å². The number of halogens is 1. The predicted octanol–water partition coefficient (Wildman–Crippen LogP) is 0.0174. The fourth-order valence-electron chi connectivity index (χ4n) is 5.49. The number of likely N-dealkylation sites (tertiary alicyclic amines) is 1. The predicted molar refractivity (Wildman–Crippen MR) is 128 cm³/mol. The largest absolute Gasteiger partial charge is 0.378 e. The van der Waals surface area contributed by atoms with Crippen molar-refractivity contribution < 1.29 is 13.9 Å². The average Bonchev–Trinajstić information content (AvgIpc) is 3.47. The number of aromatic nitrogens is 4. The van der Waals surface area contributed by atoms with Crippen LogP contribution >= 0.6 is 0 Å². The molecule has 0 aromatic carbocycles. The van der Waals surface area contributed by atoms with E-state index in [1.165, 1.54) is 0 Å². The molecule has 6 rings (SSSR count). The molecule has 2 aromatic rings. The molecular formula is C23H30FN9O2. The van der Waals surface area contributed by atoms with E-state index in [0.717, 1.165) is 42.0 Å². The summed E-state index contributed by atoms with van der Waals surface area (Å²) in [6.07, 6.45) is 4.90. The maximum Gasteiger partial charge on any atom is 0.263 e. The van der Waals surface area contributed by atoms with Crippen LogP contribution < -0.4 is 20.9 Å². The van der Waals surface area contributed by atoms with E-state index in [2.05, 4.69) is 32.0 Å². The molecule has 4 aliphatic heterocycles. The number of nitrogen functional groups attached to an aromatic ring is 1. The third-order valence-corrected chi connectivity index (χ3v) is 7.64. The summed E-state index contributed by atoms with van der Waals surface area (Å²) in [6.45, 7) is 6.75. The van der Waals surface area contributed by atoms with Gasteiger partial charge in [0.05, 0.1) is 24.4 Å². The molecule has 2 aromatic heterocycles. The number of ether oxygens (including phenoxy) is 1. The second-order valence-electron chi connectivity index (χ2n) is 10.0. The minimum absolute atomic E-state index is 0.0920. The first kappa shape index (κ1) is 22.4. The number of rotatable bonds is 4. The van der Waals surface area contributed by atoms with Crippen molar-refractivity contribution in [3.8, 4) is 11.3 Å². The van der Waals surface area contributed by atoms with Crippen molar-refractivity contribution in [2.75, 3.05) is 74.6 Å². The molecule has 11 nitrogen and oxygen atoms in total. The smallest absolute Gasteiger partial charge is 0.263 e. The number of amides is 1. The van der Waals surface area contributed by atoms with Gasteiger partial charge in [0.1, 0.15) is 5.82 Å². The third kappa shape index (κ3) is 3.75. The van der Waals surface area contributed by atoms with Gasteiger partial charge in [-0.15, -0.1) is 0 Å². The van der Waals surface area contributed by atoms with Gasteiger partial charge in [-0.25, -0.2) is 19.3 Å². The van der Waals surface area contributed by atoms with Gasteiger partial charge in [-0.3, -0.25) is 4.79 Å². The minimum Gasteiger partial charge on any atom is -0.378 e. The van der Waals surface area contributed by atoms with E-state index in [4.69, 9.17) is 20.4 Å². The highest BCUT2D eigenvalue weighted by atomic mass is 19.1. The first-order chi connectivity index (χ1) is 16.9. The van der Waals surface area contributed by atoms with Crippen molar-refractivity contribution in [3.05, 3.63) is 18.0 Å². The number of nitrogens with zero attached hydrogens (tertiary/aromatic N) is 7. The molecule has 0 radical (unpaired) electrons. The molecule has 4 aliphatic rings. The molecule has 12 heteroatoms. The summed E-state index contributed by atoms with van der Waals surface area (Å²) in [5.74, 6) is 1.31. The lowest BCUT2D eigenvalue weighted by atomic mass is 9.97. The Balaban J connectivity index is 1.35. The number of hydrogen-bond donors (Lipinski definition) is 2. The van der Waals surface area contributed by atoms with Crippen LogP contribution in [0, 0.1) is 0 Å². The maximum absolute atomic E-state index is 14.8. The van der Waals surface area contributed by atoms with E-state index in [9.17, 15) is 9.18 Å². The van der Waals surface area contributed by atoms with Crippen LogP contribution in [0.4, 0.5) is 22.1 Å². The van der Waals surface area contributed by atoms with Gasteiger partial charge < -0.3 is 30.5 Å². The van der Waals surface area contributed by atoms with Crippen molar-refractivity contribution in [2.45, 2.75) is 31.0 Å². The SMILES string of the molecule is C[C@]1(N2CCc3c(-c4cnc(N)nc4)nc(N4CCOCC4)nc32)CCN(C(=O)C2(F)CNC2)C1. The van der Waals surface area contributed by atoms with Gasteiger partial charge in [0.2, 0.25) is 17.6 Å². The van der Waals surface area contributed by atoms with Crippen LogP contribution in [0.25, 0.3) is 11.3 Å². The van der Waals surface area contributed by atoms with Gasteiger partial charge in [0.15, 0.2) is 0 Å². The van der Waals surface area contributed by atoms with Gasteiger partial charge in [-0.1, -0.05) is 0 Å². The standard InChI is InChI=1S/C23H30FN9O2/c1-22(3-5-32(14-22)19(34)23(24)12-26-13-23)33-4-2-16-17(15-10-27-20(25)28-11-15)29-21(30-18(16)33)31-6-8-35-9-7-31/h10-11,26H,2-9,12-14H2,1H3,(H2,25,27,28)/t22-/m0/s1. The average molecular weight is 484 g/mol. The summed E-state index contributed by atoms with van der Waals surface area (Å²) in [4.78, 5) is 37.3. The zero-order valence-electron chi connectivity index (χ0n) is 19.8. The number of carbonyl (C=O) groups excluding carboxylic acids is 1. The second-order valence-corrected chi connectivity index (χ2v) is 10.0. The first-order valence-corrected chi connectivity index (χ1v) is 12.1. The zero-order chi connectivity index (χ0) is 24.2. The minimum atomic E-state index is -1.78. The van der Waals surface area contributed by atoms with Crippen LogP contribution in [0.15, 0.2) is 12.4 Å². The molecule has 0 spiro atoms. The summed E-state index contributed by atoms with van der Waals surface area (Å²) in [5.41, 5.74) is 6.23. The number of hydrogen-bond acceptors (Lipinski definition) is 10. The first-order valence-electron chi connectivity index (χ1n) is 12.1. The van der Waals surface area contributed by atoms with Gasteiger partial charge in [-0.2, -0.15) is 4.98 Å². The topological polar surface area (TPSA) is 126 Å². The van der Waals surface area contributed by atoms with E-state index < -0.39 is 11.6 Å². The Morgan fingerprint density at radius 1 is 1.14 bits per heavy atom. The molecule has 3 saturated heterocycles. The summed E-state index contributed by atoms with van der Waals surface area (Å²) in [7, 11) is 0. The highest BCUT2D eigenvalue weighted by Gasteiger charge is 2.52.